The molecule has 3 aromatic rings. The van der Waals surface area contributed by atoms with E-state index in [1.165, 1.54) is 11.3 Å². The van der Waals surface area contributed by atoms with Crippen LogP contribution in [0.4, 0.5) is 11.4 Å². The summed E-state index contributed by atoms with van der Waals surface area (Å²) in [5.74, 6) is 0.235. The molecule has 2 N–H and O–H groups in total. The van der Waals surface area contributed by atoms with E-state index in [0.717, 1.165) is 4.88 Å². The number of nitrogens with one attached hydrogen (secondary N) is 2. The van der Waals surface area contributed by atoms with Gasteiger partial charge in [0.15, 0.2) is 10.8 Å². The monoisotopic (exact) mass is 383 g/mol. The number of furan rings is 1. The van der Waals surface area contributed by atoms with Crippen LogP contribution in [0.25, 0.3) is 10.8 Å². The first-order valence-corrected chi connectivity index (χ1v) is 9.30. The predicted octanol–water partition coefficient (Wildman–Crippen LogP) is 4.95. The highest BCUT2D eigenvalue weighted by molar-refractivity contribution is 7.15. The van der Waals surface area contributed by atoms with Crippen molar-refractivity contribution in [2.75, 3.05) is 10.6 Å². The number of hydrogen-bond acceptors (Lipinski definition) is 5. The van der Waals surface area contributed by atoms with E-state index in [-0.39, 0.29) is 11.8 Å². The van der Waals surface area contributed by atoms with Crippen LogP contribution in [0, 0.1) is 12.3 Å². The number of carbonyl (C=O) groups is 2. The molecule has 3 rings (SSSR count). The van der Waals surface area contributed by atoms with Gasteiger partial charge in [-0.2, -0.15) is 0 Å². The van der Waals surface area contributed by atoms with Crippen LogP contribution in [0.5, 0.6) is 0 Å². The first kappa shape index (κ1) is 18.8. The topological polar surface area (TPSA) is 84.2 Å². The average Bonchev–Trinajstić information content (AvgIpc) is 3.23. The average molecular weight is 383 g/mol. The van der Waals surface area contributed by atoms with Gasteiger partial charge in [0.2, 0.25) is 5.91 Å². The van der Waals surface area contributed by atoms with Gasteiger partial charge in [-0.1, -0.05) is 26.8 Å². The summed E-state index contributed by atoms with van der Waals surface area (Å²) in [6, 6.07) is 10.6. The van der Waals surface area contributed by atoms with Gasteiger partial charge in [0.25, 0.3) is 5.91 Å². The molecule has 27 heavy (non-hydrogen) atoms. The van der Waals surface area contributed by atoms with E-state index < -0.39 is 5.41 Å². The minimum absolute atomic E-state index is 0.0931. The molecule has 2 aromatic heterocycles. The lowest BCUT2D eigenvalue weighted by molar-refractivity contribution is -0.123. The summed E-state index contributed by atoms with van der Waals surface area (Å²) in [7, 11) is 0. The molecule has 1 aromatic carbocycles. The summed E-state index contributed by atoms with van der Waals surface area (Å²) in [6.45, 7) is 7.37. The zero-order valence-corrected chi connectivity index (χ0v) is 16.4. The smallest absolute Gasteiger partial charge is 0.275 e. The highest BCUT2D eigenvalue weighted by Crippen LogP contribution is 2.28. The molecule has 0 aliphatic rings. The Morgan fingerprint density at radius 1 is 1.07 bits per heavy atom. The van der Waals surface area contributed by atoms with Crippen LogP contribution in [0.2, 0.25) is 0 Å². The van der Waals surface area contributed by atoms with Crippen molar-refractivity contribution in [2.45, 2.75) is 27.7 Å². The molecule has 0 spiro atoms. The maximum Gasteiger partial charge on any atom is 0.275 e. The van der Waals surface area contributed by atoms with Crippen LogP contribution >= 0.6 is 11.3 Å². The summed E-state index contributed by atoms with van der Waals surface area (Å²) in [5, 5.41) is 6.35. The molecule has 140 valence electrons. The number of rotatable bonds is 4. The van der Waals surface area contributed by atoms with Crippen molar-refractivity contribution in [3.8, 4) is 10.8 Å². The molecule has 7 heteroatoms. The van der Waals surface area contributed by atoms with Crippen molar-refractivity contribution in [2.24, 2.45) is 5.41 Å². The van der Waals surface area contributed by atoms with Crippen molar-refractivity contribution in [3.05, 3.63) is 53.2 Å². The number of hydrogen-bond donors (Lipinski definition) is 2. The lowest BCUT2D eigenvalue weighted by atomic mass is 9.95. The van der Waals surface area contributed by atoms with Crippen molar-refractivity contribution < 1.29 is 14.0 Å². The van der Waals surface area contributed by atoms with Gasteiger partial charge in [0.1, 0.15) is 5.69 Å². The van der Waals surface area contributed by atoms with E-state index in [4.69, 9.17) is 4.42 Å². The molecule has 0 radical (unpaired) electrons. The number of carbonyl (C=O) groups excluding carboxylic acids is 2. The van der Waals surface area contributed by atoms with E-state index in [1.807, 2.05) is 27.7 Å². The number of benzene rings is 1. The molecular weight excluding hydrogens is 362 g/mol. The van der Waals surface area contributed by atoms with Crippen molar-refractivity contribution in [3.63, 3.8) is 0 Å². The molecule has 0 atom stereocenters. The van der Waals surface area contributed by atoms with Crippen LogP contribution in [0.3, 0.4) is 0 Å². The molecule has 0 saturated heterocycles. The summed E-state index contributed by atoms with van der Waals surface area (Å²) in [5.41, 5.74) is 1.06. The minimum atomic E-state index is -0.501. The van der Waals surface area contributed by atoms with Crippen molar-refractivity contribution in [1.29, 1.82) is 0 Å². The molecule has 0 unspecified atom stereocenters. The summed E-state index contributed by atoms with van der Waals surface area (Å²) in [4.78, 5) is 30.0. The molecule has 0 aliphatic carbocycles. The van der Waals surface area contributed by atoms with Crippen LogP contribution in [0.15, 0.2) is 47.1 Å². The zero-order valence-electron chi connectivity index (χ0n) is 15.6. The zero-order chi connectivity index (χ0) is 19.6. The van der Waals surface area contributed by atoms with E-state index in [1.54, 1.807) is 42.7 Å². The minimum Gasteiger partial charge on any atom is -0.462 e. The third-order valence-electron chi connectivity index (χ3n) is 3.80. The van der Waals surface area contributed by atoms with Gasteiger partial charge in [0, 0.05) is 21.7 Å². The molecule has 0 saturated carbocycles. The predicted molar refractivity (Wildman–Crippen MR) is 107 cm³/mol. The fourth-order valence-corrected chi connectivity index (χ4v) is 3.18. The van der Waals surface area contributed by atoms with Gasteiger partial charge in [-0.3, -0.25) is 9.59 Å². The summed E-state index contributed by atoms with van der Waals surface area (Å²) >= 11 is 1.40. The second-order valence-electron chi connectivity index (χ2n) is 7.14. The Morgan fingerprint density at radius 2 is 1.78 bits per heavy atom. The van der Waals surface area contributed by atoms with Crippen molar-refractivity contribution in [1.82, 2.24) is 4.98 Å². The maximum atomic E-state index is 12.6. The fourth-order valence-electron chi connectivity index (χ4n) is 2.30. The lowest BCUT2D eigenvalue weighted by Crippen LogP contribution is -2.27. The van der Waals surface area contributed by atoms with Gasteiger partial charge >= 0.3 is 0 Å². The normalized spacial score (nSPS) is 11.3. The largest absolute Gasteiger partial charge is 0.462 e. The molecule has 0 aliphatic heterocycles. The Balaban J connectivity index is 1.75. The Hall–Kier alpha value is -2.93. The third-order valence-corrected chi connectivity index (χ3v) is 4.79. The Labute approximate surface area is 161 Å². The van der Waals surface area contributed by atoms with Gasteiger partial charge in [-0.25, -0.2) is 4.98 Å². The fraction of sp³-hybridized carbons (Fsp3) is 0.250. The van der Waals surface area contributed by atoms with Crippen LogP contribution in [-0.4, -0.2) is 16.8 Å². The van der Waals surface area contributed by atoms with Gasteiger partial charge in [-0.15, -0.1) is 11.3 Å². The number of amides is 2. The number of aromatic nitrogens is 1. The second-order valence-corrected chi connectivity index (χ2v) is 8.34. The van der Waals surface area contributed by atoms with Gasteiger partial charge in [-0.05, 0) is 37.3 Å². The molecule has 2 amide bonds. The number of aryl methyl sites for hydroxylation is 1. The van der Waals surface area contributed by atoms with Crippen LogP contribution in [0.1, 0.15) is 36.1 Å². The van der Waals surface area contributed by atoms with Crippen LogP contribution < -0.4 is 10.6 Å². The summed E-state index contributed by atoms with van der Waals surface area (Å²) < 4.78 is 5.34. The SMILES string of the molecule is Cc1sc(-c2ccco2)nc1C(=O)Nc1cccc(NC(=O)C(C)(C)C)c1. The standard InChI is InChI=1S/C20H21N3O3S/c1-12-16(23-18(27-12)15-9-6-10-26-15)17(24)21-13-7-5-8-14(11-13)22-19(25)20(2,3)4/h5-11H,1-4H3,(H,21,24)(H,22,25). The van der Waals surface area contributed by atoms with Crippen LogP contribution in [-0.2, 0) is 4.79 Å². The Morgan fingerprint density at radius 3 is 2.41 bits per heavy atom. The quantitative estimate of drug-likeness (QED) is 0.668. The summed E-state index contributed by atoms with van der Waals surface area (Å²) in [6.07, 6.45) is 1.57. The molecular formula is C20H21N3O3S. The first-order valence-electron chi connectivity index (χ1n) is 8.48. The molecule has 0 bridgehead atoms. The highest BCUT2D eigenvalue weighted by Gasteiger charge is 2.21. The Kier molecular flexibility index (Phi) is 5.14. The highest BCUT2D eigenvalue weighted by atomic mass is 32.1. The molecule has 0 fully saturated rings. The first-order chi connectivity index (χ1) is 12.7. The van der Waals surface area contributed by atoms with Gasteiger partial charge < -0.3 is 15.1 Å². The molecule has 6 nitrogen and oxygen atoms in total. The Bertz CT molecular complexity index is 969. The number of nitrogens with zero attached hydrogens (tertiary/aromatic N) is 1. The second kappa shape index (κ2) is 7.36. The number of thiazole rings is 1. The maximum absolute atomic E-state index is 12.6. The van der Waals surface area contributed by atoms with E-state index >= 15 is 0 Å². The van der Waals surface area contributed by atoms with E-state index in [9.17, 15) is 9.59 Å². The van der Waals surface area contributed by atoms with E-state index in [2.05, 4.69) is 15.6 Å². The van der Waals surface area contributed by atoms with E-state index in [0.29, 0.717) is 27.8 Å². The third kappa shape index (κ3) is 4.43. The van der Waals surface area contributed by atoms with Gasteiger partial charge in [0.05, 0.1) is 6.26 Å². The number of anilines is 2. The van der Waals surface area contributed by atoms with Crippen molar-refractivity contribution >= 4 is 34.5 Å². The lowest BCUT2D eigenvalue weighted by Gasteiger charge is -2.18. The molecule has 2 heterocycles.